The monoisotopic (exact) mass is 266 g/mol. The van der Waals surface area contributed by atoms with E-state index >= 15 is 0 Å². The van der Waals surface area contributed by atoms with Crippen LogP contribution in [0.15, 0.2) is 16.7 Å². The summed E-state index contributed by atoms with van der Waals surface area (Å²) >= 11 is 0. The first-order valence-electron chi connectivity index (χ1n) is 6.54. The van der Waals surface area contributed by atoms with Gasteiger partial charge in [0.05, 0.1) is 18.4 Å². The summed E-state index contributed by atoms with van der Waals surface area (Å²) in [4.78, 5) is 16.3. The second-order valence-corrected chi connectivity index (χ2v) is 5.25. The lowest BCUT2D eigenvalue weighted by Crippen LogP contribution is -2.42. The number of carbonyl (C=O) groups excluding carboxylic acids is 1. The largest absolute Gasteiger partial charge is 0.469 e. The Morgan fingerprint density at radius 1 is 1.63 bits per heavy atom. The van der Waals surface area contributed by atoms with Crippen molar-refractivity contribution >= 4 is 5.91 Å². The van der Waals surface area contributed by atoms with Gasteiger partial charge < -0.3 is 14.1 Å². The van der Waals surface area contributed by atoms with Crippen LogP contribution in [0.5, 0.6) is 0 Å². The summed E-state index contributed by atoms with van der Waals surface area (Å²) < 4.78 is 10.6. The topological polar surface area (TPSA) is 45.9 Å². The van der Waals surface area contributed by atoms with Crippen molar-refractivity contribution in [1.29, 1.82) is 0 Å². The number of ether oxygens (including phenoxy) is 1. The molecular formula is C14H22N2O3. The van der Waals surface area contributed by atoms with Gasteiger partial charge in [-0.2, -0.15) is 0 Å². The number of methoxy groups -OCH3 is 1. The molecular weight excluding hydrogens is 244 g/mol. The van der Waals surface area contributed by atoms with Gasteiger partial charge in [0.15, 0.2) is 0 Å². The maximum atomic E-state index is 12.5. The third-order valence-electron chi connectivity index (χ3n) is 3.88. The Hall–Kier alpha value is -1.33. The molecule has 1 aliphatic rings. The van der Waals surface area contributed by atoms with E-state index in [1.807, 2.05) is 27.1 Å². The van der Waals surface area contributed by atoms with E-state index in [-0.39, 0.29) is 18.1 Å². The van der Waals surface area contributed by atoms with Crippen molar-refractivity contribution < 1.29 is 13.9 Å². The Balaban J connectivity index is 1.98. The van der Waals surface area contributed by atoms with E-state index in [1.54, 1.807) is 18.3 Å². The summed E-state index contributed by atoms with van der Waals surface area (Å²) in [5, 5.41) is 0. The number of carbonyl (C=O) groups is 1. The minimum absolute atomic E-state index is 0.0813. The van der Waals surface area contributed by atoms with Crippen LogP contribution in [-0.4, -0.2) is 55.6 Å². The first-order valence-corrected chi connectivity index (χ1v) is 6.54. The Labute approximate surface area is 114 Å². The number of aryl methyl sites for hydroxylation is 1. The van der Waals surface area contributed by atoms with Crippen molar-refractivity contribution in [3.8, 4) is 0 Å². The van der Waals surface area contributed by atoms with E-state index < -0.39 is 0 Å². The number of likely N-dealkylation sites (N-methyl/N-ethyl adjacent to an activating group) is 2. The van der Waals surface area contributed by atoms with Crippen LogP contribution in [0, 0.1) is 6.92 Å². The standard InChI is InChI=1S/C14H22N2O3/c1-10-11(5-6-19-10)8-16(3)14(17)13-7-12(18-4)9-15(13)2/h5-6,12-13H,7-9H2,1-4H3/t12-,13-/m0/s1. The first kappa shape index (κ1) is 14.1. The molecule has 1 fully saturated rings. The zero-order valence-electron chi connectivity index (χ0n) is 12.0. The van der Waals surface area contributed by atoms with Crippen LogP contribution in [0.2, 0.25) is 0 Å². The van der Waals surface area contributed by atoms with Gasteiger partial charge in [0.25, 0.3) is 0 Å². The lowest BCUT2D eigenvalue weighted by molar-refractivity contribution is -0.134. The molecule has 19 heavy (non-hydrogen) atoms. The first-order chi connectivity index (χ1) is 9.02. The summed E-state index contributed by atoms with van der Waals surface area (Å²) in [6, 6.07) is 1.83. The van der Waals surface area contributed by atoms with Gasteiger partial charge in [-0.25, -0.2) is 0 Å². The van der Waals surface area contributed by atoms with Crippen molar-refractivity contribution in [3.05, 3.63) is 23.7 Å². The normalized spacial score (nSPS) is 23.8. The Morgan fingerprint density at radius 2 is 2.37 bits per heavy atom. The molecule has 5 nitrogen and oxygen atoms in total. The molecule has 0 aromatic carbocycles. The van der Waals surface area contributed by atoms with Gasteiger partial charge in [0.2, 0.25) is 5.91 Å². The van der Waals surface area contributed by atoms with Gasteiger partial charge in [-0.15, -0.1) is 0 Å². The third-order valence-corrected chi connectivity index (χ3v) is 3.88. The Bertz CT molecular complexity index is 444. The number of nitrogens with zero attached hydrogens (tertiary/aromatic N) is 2. The molecule has 0 radical (unpaired) electrons. The van der Waals surface area contributed by atoms with Crippen LogP contribution in [0.1, 0.15) is 17.7 Å². The zero-order chi connectivity index (χ0) is 14.0. The lowest BCUT2D eigenvalue weighted by atomic mass is 10.1. The molecule has 1 saturated heterocycles. The molecule has 5 heteroatoms. The van der Waals surface area contributed by atoms with Gasteiger partial charge in [-0.1, -0.05) is 0 Å². The maximum Gasteiger partial charge on any atom is 0.240 e. The van der Waals surface area contributed by atoms with Gasteiger partial charge in [0, 0.05) is 32.8 Å². The molecule has 0 unspecified atom stereocenters. The molecule has 106 valence electrons. The van der Waals surface area contributed by atoms with Crippen LogP contribution < -0.4 is 0 Å². The predicted octanol–water partition coefficient (Wildman–Crippen LogP) is 1.27. The van der Waals surface area contributed by atoms with Crippen LogP contribution >= 0.6 is 0 Å². The number of furan rings is 1. The van der Waals surface area contributed by atoms with E-state index in [1.165, 1.54) is 0 Å². The summed E-state index contributed by atoms with van der Waals surface area (Å²) in [6.45, 7) is 3.31. The van der Waals surface area contributed by atoms with E-state index in [2.05, 4.69) is 4.90 Å². The summed E-state index contributed by atoms with van der Waals surface area (Å²) in [5.74, 6) is 1.01. The van der Waals surface area contributed by atoms with Crippen molar-refractivity contribution in [1.82, 2.24) is 9.80 Å². The summed E-state index contributed by atoms with van der Waals surface area (Å²) in [7, 11) is 5.51. The molecule has 1 aromatic heterocycles. The molecule has 1 aliphatic heterocycles. The van der Waals surface area contributed by atoms with Crippen molar-refractivity contribution in [3.63, 3.8) is 0 Å². The van der Waals surface area contributed by atoms with E-state index in [0.29, 0.717) is 6.54 Å². The van der Waals surface area contributed by atoms with Crippen molar-refractivity contribution in [2.75, 3.05) is 27.7 Å². The van der Waals surface area contributed by atoms with Gasteiger partial charge in [-0.3, -0.25) is 9.69 Å². The molecule has 0 saturated carbocycles. The molecule has 0 spiro atoms. The highest BCUT2D eigenvalue weighted by atomic mass is 16.5. The molecule has 2 rings (SSSR count). The smallest absolute Gasteiger partial charge is 0.240 e. The molecule has 0 bridgehead atoms. The Kier molecular flexibility index (Phi) is 4.27. The minimum Gasteiger partial charge on any atom is -0.469 e. The number of amides is 1. The van der Waals surface area contributed by atoms with Crippen LogP contribution in [0.25, 0.3) is 0 Å². The summed E-state index contributed by atoms with van der Waals surface area (Å²) in [5.41, 5.74) is 1.06. The van der Waals surface area contributed by atoms with Crippen LogP contribution in [-0.2, 0) is 16.1 Å². The fraction of sp³-hybridized carbons (Fsp3) is 0.643. The van der Waals surface area contributed by atoms with E-state index in [0.717, 1.165) is 24.3 Å². The highest BCUT2D eigenvalue weighted by molar-refractivity contribution is 5.82. The van der Waals surface area contributed by atoms with Crippen LogP contribution in [0.4, 0.5) is 0 Å². The fourth-order valence-corrected chi connectivity index (χ4v) is 2.58. The molecule has 1 aromatic rings. The molecule has 0 aliphatic carbocycles. The summed E-state index contributed by atoms with van der Waals surface area (Å²) in [6.07, 6.45) is 2.58. The number of hydrogen-bond donors (Lipinski definition) is 0. The highest BCUT2D eigenvalue weighted by Gasteiger charge is 2.36. The second kappa shape index (κ2) is 5.75. The third kappa shape index (κ3) is 2.98. The average molecular weight is 266 g/mol. The minimum atomic E-state index is -0.0813. The average Bonchev–Trinajstić information content (AvgIpc) is 2.95. The lowest BCUT2D eigenvalue weighted by Gasteiger charge is -2.24. The molecule has 0 N–H and O–H groups in total. The van der Waals surface area contributed by atoms with Gasteiger partial charge >= 0.3 is 0 Å². The molecule has 1 amide bonds. The number of rotatable bonds is 4. The predicted molar refractivity (Wildman–Crippen MR) is 71.8 cm³/mol. The Morgan fingerprint density at radius 3 is 2.89 bits per heavy atom. The van der Waals surface area contributed by atoms with Gasteiger partial charge in [0.1, 0.15) is 5.76 Å². The molecule has 2 atom stereocenters. The number of hydrogen-bond acceptors (Lipinski definition) is 4. The van der Waals surface area contributed by atoms with Crippen molar-refractivity contribution in [2.24, 2.45) is 0 Å². The van der Waals surface area contributed by atoms with Gasteiger partial charge in [-0.05, 0) is 26.5 Å². The zero-order valence-corrected chi connectivity index (χ0v) is 12.0. The quantitative estimate of drug-likeness (QED) is 0.823. The maximum absolute atomic E-state index is 12.5. The fourth-order valence-electron chi connectivity index (χ4n) is 2.58. The number of likely N-dealkylation sites (tertiary alicyclic amines) is 1. The van der Waals surface area contributed by atoms with E-state index in [9.17, 15) is 4.79 Å². The molecule has 2 heterocycles. The SMILES string of the molecule is CO[C@H]1C[C@@H](C(=O)N(C)Cc2ccoc2C)N(C)C1. The van der Waals surface area contributed by atoms with Crippen molar-refractivity contribution in [2.45, 2.75) is 32.0 Å². The second-order valence-electron chi connectivity index (χ2n) is 5.25. The van der Waals surface area contributed by atoms with Crippen LogP contribution in [0.3, 0.4) is 0 Å². The highest BCUT2D eigenvalue weighted by Crippen LogP contribution is 2.21. The van der Waals surface area contributed by atoms with E-state index in [4.69, 9.17) is 9.15 Å².